The summed E-state index contributed by atoms with van der Waals surface area (Å²) < 4.78 is 13.7. The molecule has 7 rings (SSSR count). The van der Waals surface area contributed by atoms with Gasteiger partial charge in [-0.05, 0) is 78.9 Å². The van der Waals surface area contributed by atoms with Crippen molar-refractivity contribution in [2.75, 3.05) is 5.43 Å². The number of benzene rings is 3. The number of hydrogen-bond donors (Lipinski definition) is 3. The van der Waals surface area contributed by atoms with Crippen LogP contribution in [0.2, 0.25) is 10.0 Å². The SMILES string of the molecule is O=C1[C@H]2[C@H](CC=C3[C@H]2C[C@H]2C(=O)N(Nc4ccc(F)cc4)C(=O)[C@@]2(c2ccc(Cl)cc2)[C@H]3c2cc(Cl)ccc2O)C(=O)N1O. The Kier molecular flexibility index (Phi) is 6.58. The van der Waals surface area contributed by atoms with Gasteiger partial charge in [-0.3, -0.25) is 29.8 Å². The lowest BCUT2D eigenvalue weighted by Gasteiger charge is -2.50. The first-order valence-electron chi connectivity index (χ1n) is 14.0. The summed E-state index contributed by atoms with van der Waals surface area (Å²) in [6.45, 7) is 0. The molecule has 2 saturated heterocycles. The molecule has 0 radical (unpaired) electrons. The summed E-state index contributed by atoms with van der Waals surface area (Å²) in [5.41, 5.74) is 2.75. The number of phenolic OH excluding ortho intramolecular Hbond substituents is 1. The van der Waals surface area contributed by atoms with Gasteiger partial charge in [-0.2, -0.15) is 10.1 Å². The molecule has 2 aliphatic heterocycles. The van der Waals surface area contributed by atoms with Crippen LogP contribution in [0.4, 0.5) is 10.1 Å². The van der Waals surface area contributed by atoms with Crippen LogP contribution >= 0.6 is 23.2 Å². The van der Waals surface area contributed by atoms with Gasteiger partial charge in [0.2, 0.25) is 0 Å². The Morgan fingerprint density at radius 3 is 2.25 bits per heavy atom. The maximum Gasteiger partial charge on any atom is 0.260 e. The number of carbonyl (C=O) groups is 4. The van der Waals surface area contributed by atoms with E-state index in [2.05, 4.69) is 5.43 Å². The van der Waals surface area contributed by atoms with Gasteiger partial charge in [0.15, 0.2) is 0 Å². The molecule has 12 heteroatoms. The molecule has 3 aromatic carbocycles. The molecule has 9 nitrogen and oxygen atoms in total. The zero-order chi connectivity index (χ0) is 31.1. The van der Waals surface area contributed by atoms with E-state index in [0.717, 1.165) is 5.01 Å². The Labute approximate surface area is 260 Å². The summed E-state index contributed by atoms with van der Waals surface area (Å²) >= 11 is 12.7. The van der Waals surface area contributed by atoms with Crippen LogP contribution in [0, 0.1) is 29.5 Å². The highest BCUT2D eigenvalue weighted by molar-refractivity contribution is 6.31. The first-order chi connectivity index (χ1) is 21.0. The third kappa shape index (κ3) is 3.94. The maximum absolute atomic E-state index is 14.9. The van der Waals surface area contributed by atoms with Crippen molar-refractivity contribution in [3.63, 3.8) is 0 Å². The van der Waals surface area contributed by atoms with Gasteiger partial charge in [-0.25, -0.2) is 4.39 Å². The number of aromatic hydroxyl groups is 1. The Morgan fingerprint density at radius 1 is 0.864 bits per heavy atom. The van der Waals surface area contributed by atoms with Crippen LogP contribution in [0.3, 0.4) is 0 Å². The van der Waals surface area contributed by atoms with E-state index in [1.165, 1.54) is 42.5 Å². The van der Waals surface area contributed by atoms with Crippen LogP contribution in [0.1, 0.15) is 29.9 Å². The Hall–Kier alpha value is -4.25. The molecule has 4 aliphatic rings. The molecule has 3 aromatic rings. The van der Waals surface area contributed by atoms with E-state index in [1.54, 1.807) is 30.3 Å². The lowest BCUT2D eigenvalue weighted by Crippen LogP contribution is -2.53. The second kappa shape index (κ2) is 10.2. The number of fused-ring (bicyclic) bond motifs is 4. The summed E-state index contributed by atoms with van der Waals surface area (Å²) in [6, 6.07) is 16.1. The summed E-state index contributed by atoms with van der Waals surface area (Å²) in [6.07, 6.45) is 1.88. The van der Waals surface area contributed by atoms with Gasteiger partial charge in [0.1, 0.15) is 11.6 Å². The monoisotopic (exact) mass is 635 g/mol. The zero-order valence-corrected chi connectivity index (χ0v) is 24.3. The molecule has 6 atom stereocenters. The molecule has 0 spiro atoms. The lowest BCUT2D eigenvalue weighted by molar-refractivity contribution is -0.173. The number of nitrogens with zero attached hydrogens (tertiary/aromatic N) is 2. The highest BCUT2D eigenvalue weighted by atomic mass is 35.5. The number of hydroxylamine groups is 2. The van der Waals surface area contributed by atoms with Gasteiger partial charge in [0.25, 0.3) is 23.6 Å². The van der Waals surface area contributed by atoms with Gasteiger partial charge in [-0.15, -0.1) is 0 Å². The van der Waals surface area contributed by atoms with Gasteiger partial charge in [-0.1, -0.05) is 47.0 Å². The van der Waals surface area contributed by atoms with E-state index in [1.807, 2.05) is 0 Å². The van der Waals surface area contributed by atoms with Crippen LogP contribution in [0.15, 0.2) is 78.4 Å². The molecule has 0 unspecified atom stereocenters. The molecule has 44 heavy (non-hydrogen) atoms. The second-order valence-electron chi connectivity index (χ2n) is 11.6. The summed E-state index contributed by atoms with van der Waals surface area (Å²) in [5, 5.41) is 23.3. The molecule has 1 saturated carbocycles. The number of amides is 4. The summed E-state index contributed by atoms with van der Waals surface area (Å²) in [7, 11) is 0. The number of hydrogen-bond acceptors (Lipinski definition) is 7. The zero-order valence-electron chi connectivity index (χ0n) is 22.8. The molecule has 0 aromatic heterocycles. The quantitative estimate of drug-likeness (QED) is 0.204. The van der Waals surface area contributed by atoms with Gasteiger partial charge in [0, 0.05) is 21.5 Å². The highest BCUT2D eigenvalue weighted by Crippen LogP contribution is 2.65. The third-order valence-corrected chi connectivity index (χ3v) is 10.0. The number of hydrazine groups is 1. The molecule has 224 valence electrons. The first-order valence-corrected chi connectivity index (χ1v) is 14.7. The van der Waals surface area contributed by atoms with Crippen molar-refractivity contribution < 1.29 is 33.9 Å². The van der Waals surface area contributed by atoms with E-state index in [0.29, 0.717) is 16.2 Å². The fraction of sp³-hybridized carbons (Fsp3) is 0.250. The Balaban J connectivity index is 1.49. The van der Waals surface area contributed by atoms with Crippen molar-refractivity contribution in [2.45, 2.75) is 24.2 Å². The van der Waals surface area contributed by atoms with Crippen molar-refractivity contribution in [1.82, 2.24) is 10.1 Å². The highest BCUT2D eigenvalue weighted by Gasteiger charge is 2.70. The topological polar surface area (TPSA) is 127 Å². The average Bonchev–Trinajstić information content (AvgIpc) is 3.36. The largest absolute Gasteiger partial charge is 0.508 e. The Bertz CT molecular complexity index is 1780. The molecule has 2 heterocycles. The summed E-state index contributed by atoms with van der Waals surface area (Å²) in [5.74, 6) is -8.07. The number of allylic oxidation sites excluding steroid dienone is 2. The molecule has 4 amide bonds. The molecule has 0 bridgehead atoms. The number of imide groups is 2. The minimum atomic E-state index is -1.66. The van der Waals surface area contributed by atoms with Crippen LogP contribution in [0.25, 0.3) is 0 Å². The van der Waals surface area contributed by atoms with Crippen LogP contribution in [0.5, 0.6) is 5.75 Å². The first kappa shape index (κ1) is 28.5. The minimum Gasteiger partial charge on any atom is -0.508 e. The average molecular weight is 636 g/mol. The normalized spacial score (nSPS) is 29.4. The van der Waals surface area contributed by atoms with E-state index in [4.69, 9.17) is 23.2 Å². The maximum atomic E-state index is 14.9. The van der Waals surface area contributed by atoms with E-state index in [9.17, 15) is 33.9 Å². The molecule has 3 fully saturated rings. The van der Waals surface area contributed by atoms with Crippen LogP contribution in [-0.4, -0.2) is 44.0 Å². The van der Waals surface area contributed by atoms with Crippen molar-refractivity contribution in [3.8, 4) is 5.75 Å². The fourth-order valence-electron chi connectivity index (χ4n) is 7.74. The molecule has 3 N–H and O–H groups in total. The van der Waals surface area contributed by atoms with Gasteiger partial charge in [0.05, 0.1) is 28.9 Å². The van der Waals surface area contributed by atoms with Crippen molar-refractivity contribution in [1.29, 1.82) is 0 Å². The molecular weight excluding hydrogens is 612 g/mol. The van der Waals surface area contributed by atoms with Crippen molar-refractivity contribution >= 4 is 52.5 Å². The minimum absolute atomic E-state index is 0.00746. The van der Waals surface area contributed by atoms with E-state index < -0.39 is 64.5 Å². The van der Waals surface area contributed by atoms with Crippen molar-refractivity contribution in [2.24, 2.45) is 23.7 Å². The van der Waals surface area contributed by atoms with Crippen LogP contribution in [-0.2, 0) is 24.6 Å². The fourth-order valence-corrected chi connectivity index (χ4v) is 8.05. The van der Waals surface area contributed by atoms with Gasteiger partial charge >= 0.3 is 0 Å². The predicted molar refractivity (Wildman–Crippen MR) is 156 cm³/mol. The van der Waals surface area contributed by atoms with Crippen molar-refractivity contribution in [3.05, 3.63) is 105 Å². The predicted octanol–water partition coefficient (Wildman–Crippen LogP) is 5.21. The third-order valence-electron chi connectivity index (χ3n) is 9.53. The molecule has 2 aliphatic carbocycles. The number of halogens is 3. The standard InChI is InChI=1S/C32H24Cl2FN3O6/c33-16-3-1-15(2-4-16)32-24(29(41)37(31(32)43)36-19-8-6-18(35)7-9-19)14-22-20(27(32)23-13-17(34)5-12-25(23)39)10-11-21-26(22)30(42)38(44)28(21)40/h1-10,12-13,21-22,24,26-27,36,39,44H,11,14H2/t21-,22+,24-,26-,27+,32+/m0/s1. The van der Waals surface area contributed by atoms with E-state index >= 15 is 0 Å². The number of carbonyl (C=O) groups excluding carboxylic acids is 4. The van der Waals surface area contributed by atoms with E-state index in [-0.39, 0.29) is 39.9 Å². The number of anilines is 1. The number of nitrogens with one attached hydrogen (secondary N) is 1. The number of phenols is 1. The summed E-state index contributed by atoms with van der Waals surface area (Å²) in [4.78, 5) is 55.4. The van der Waals surface area contributed by atoms with Gasteiger partial charge < -0.3 is 5.11 Å². The molecular formula is C32H24Cl2FN3O6. The second-order valence-corrected chi connectivity index (χ2v) is 12.4. The Morgan fingerprint density at radius 2 is 1.55 bits per heavy atom. The lowest BCUT2D eigenvalue weighted by atomic mass is 9.49. The number of rotatable bonds is 4. The van der Waals surface area contributed by atoms with Crippen LogP contribution < -0.4 is 5.43 Å². The smallest absolute Gasteiger partial charge is 0.260 e.